The van der Waals surface area contributed by atoms with Gasteiger partial charge in [-0.05, 0) is 23.8 Å². The van der Waals surface area contributed by atoms with E-state index in [4.69, 9.17) is 0 Å². The highest BCUT2D eigenvalue weighted by molar-refractivity contribution is 5.78. The fourth-order valence-corrected chi connectivity index (χ4v) is 2.94. The first kappa shape index (κ1) is 16.7. The quantitative estimate of drug-likeness (QED) is 0.708. The summed E-state index contributed by atoms with van der Waals surface area (Å²) < 4.78 is 66.2. The Kier molecular flexibility index (Phi) is 3.47. The van der Waals surface area contributed by atoms with Crippen molar-refractivity contribution < 1.29 is 22.0 Å². The number of imidazole rings is 1. The minimum atomic E-state index is -4.48. The van der Waals surface area contributed by atoms with Crippen LogP contribution in [0.15, 0.2) is 41.3 Å². The van der Waals surface area contributed by atoms with Gasteiger partial charge in [-0.2, -0.15) is 13.2 Å². The second-order valence-electron chi connectivity index (χ2n) is 6.37. The normalized spacial score (nSPS) is 19.0. The third kappa shape index (κ3) is 2.87. The van der Waals surface area contributed by atoms with Gasteiger partial charge in [0.25, 0.3) is 5.92 Å². The summed E-state index contributed by atoms with van der Waals surface area (Å²) in [5.41, 5.74) is -0.261. The van der Waals surface area contributed by atoms with E-state index in [2.05, 4.69) is 9.97 Å². The molecule has 4 nitrogen and oxygen atoms in total. The number of nitrogens with one attached hydrogen (secondary N) is 1. The molecule has 1 aromatic carbocycles. The zero-order chi connectivity index (χ0) is 18.7. The molecule has 1 atom stereocenters. The lowest BCUT2D eigenvalue weighted by molar-refractivity contribution is -0.137. The highest BCUT2D eigenvalue weighted by atomic mass is 19.4. The van der Waals surface area contributed by atoms with Crippen LogP contribution in [0.25, 0.3) is 22.3 Å². The molecule has 0 spiro atoms. The predicted octanol–water partition coefficient (Wildman–Crippen LogP) is 4.07. The van der Waals surface area contributed by atoms with E-state index in [0.29, 0.717) is 5.56 Å². The largest absolute Gasteiger partial charge is 0.416 e. The van der Waals surface area contributed by atoms with Gasteiger partial charge in [0.2, 0.25) is 0 Å². The summed E-state index contributed by atoms with van der Waals surface area (Å²) in [6.07, 6.45) is -3.43. The SMILES string of the molecule is O=c1[nH]c2ncc(-c3cccc(C(F)(F)F)c3)cc2n1CC1CC1(F)F. The van der Waals surface area contributed by atoms with Crippen LogP contribution in [0.3, 0.4) is 0 Å². The highest BCUT2D eigenvalue weighted by Crippen LogP contribution is 2.49. The van der Waals surface area contributed by atoms with E-state index in [9.17, 15) is 26.7 Å². The first-order chi connectivity index (χ1) is 12.1. The lowest BCUT2D eigenvalue weighted by Gasteiger charge is -2.09. The van der Waals surface area contributed by atoms with Crippen LogP contribution < -0.4 is 5.69 Å². The van der Waals surface area contributed by atoms with Crippen LogP contribution in [0.4, 0.5) is 22.0 Å². The molecule has 0 amide bonds. The smallest absolute Gasteiger partial charge is 0.290 e. The Balaban J connectivity index is 1.77. The van der Waals surface area contributed by atoms with Gasteiger partial charge in [0.1, 0.15) is 0 Å². The summed E-state index contributed by atoms with van der Waals surface area (Å²) in [4.78, 5) is 18.5. The Morgan fingerprint density at radius 1 is 1.23 bits per heavy atom. The topological polar surface area (TPSA) is 50.7 Å². The van der Waals surface area contributed by atoms with Crippen molar-refractivity contribution in [3.63, 3.8) is 0 Å². The molecular weight excluding hydrogens is 357 g/mol. The number of H-pyrrole nitrogens is 1. The fourth-order valence-electron chi connectivity index (χ4n) is 2.94. The summed E-state index contributed by atoms with van der Waals surface area (Å²) in [6, 6.07) is 6.18. The molecule has 1 unspecified atom stereocenters. The van der Waals surface area contributed by atoms with Gasteiger partial charge in [-0.3, -0.25) is 9.55 Å². The summed E-state index contributed by atoms with van der Waals surface area (Å²) in [5.74, 6) is -3.70. The molecule has 0 bridgehead atoms. The molecule has 4 rings (SSSR count). The Morgan fingerprint density at radius 2 is 1.96 bits per heavy atom. The molecule has 1 saturated carbocycles. The molecule has 26 heavy (non-hydrogen) atoms. The maximum absolute atomic E-state index is 13.2. The van der Waals surface area contributed by atoms with Crippen LogP contribution in [0, 0.1) is 5.92 Å². The van der Waals surface area contributed by atoms with Gasteiger partial charge >= 0.3 is 11.9 Å². The van der Waals surface area contributed by atoms with E-state index in [-0.39, 0.29) is 29.7 Å². The Labute approximate surface area is 143 Å². The van der Waals surface area contributed by atoms with Crippen LogP contribution in [0.5, 0.6) is 0 Å². The number of hydrogen-bond donors (Lipinski definition) is 1. The van der Waals surface area contributed by atoms with Crippen molar-refractivity contribution in [1.82, 2.24) is 14.5 Å². The molecule has 1 N–H and O–H groups in total. The number of hydrogen-bond acceptors (Lipinski definition) is 2. The van der Waals surface area contributed by atoms with Gasteiger partial charge in [0, 0.05) is 30.6 Å². The Morgan fingerprint density at radius 3 is 2.62 bits per heavy atom. The maximum Gasteiger partial charge on any atom is 0.416 e. The molecular formula is C17H12F5N3O. The molecule has 1 aliphatic rings. The van der Waals surface area contributed by atoms with E-state index in [0.717, 1.165) is 16.7 Å². The van der Waals surface area contributed by atoms with E-state index < -0.39 is 29.3 Å². The van der Waals surface area contributed by atoms with Crippen LogP contribution in [-0.2, 0) is 12.7 Å². The summed E-state index contributed by atoms with van der Waals surface area (Å²) in [6.45, 7) is -0.167. The van der Waals surface area contributed by atoms with Gasteiger partial charge in [0.05, 0.1) is 11.1 Å². The van der Waals surface area contributed by atoms with Crippen molar-refractivity contribution in [2.45, 2.75) is 25.1 Å². The van der Waals surface area contributed by atoms with Gasteiger partial charge in [0.15, 0.2) is 5.65 Å². The van der Waals surface area contributed by atoms with Crippen molar-refractivity contribution in [3.8, 4) is 11.1 Å². The fraction of sp³-hybridized carbons (Fsp3) is 0.294. The van der Waals surface area contributed by atoms with Crippen LogP contribution in [-0.4, -0.2) is 20.5 Å². The molecule has 1 aliphatic carbocycles. The molecule has 0 aliphatic heterocycles. The van der Waals surface area contributed by atoms with Crippen LogP contribution in [0.1, 0.15) is 12.0 Å². The van der Waals surface area contributed by atoms with Gasteiger partial charge in [-0.25, -0.2) is 18.6 Å². The van der Waals surface area contributed by atoms with Gasteiger partial charge in [-0.15, -0.1) is 0 Å². The van der Waals surface area contributed by atoms with Gasteiger partial charge in [-0.1, -0.05) is 12.1 Å². The highest BCUT2D eigenvalue weighted by Gasteiger charge is 2.56. The molecule has 136 valence electrons. The van der Waals surface area contributed by atoms with Crippen molar-refractivity contribution in [1.29, 1.82) is 0 Å². The average molecular weight is 369 g/mol. The zero-order valence-electron chi connectivity index (χ0n) is 13.1. The standard InChI is InChI=1S/C17H12F5N3O/c18-16(19)6-12(16)8-25-13-5-10(7-23-14(13)24-15(25)26)9-2-1-3-11(4-9)17(20,21)22/h1-5,7,12H,6,8H2,(H,23,24,26). The number of fused-ring (bicyclic) bond motifs is 1. The van der Waals surface area contributed by atoms with E-state index >= 15 is 0 Å². The number of aromatic nitrogens is 3. The monoisotopic (exact) mass is 369 g/mol. The average Bonchev–Trinajstić information content (AvgIpc) is 3.05. The number of pyridine rings is 1. The maximum atomic E-state index is 13.2. The number of aromatic amines is 1. The number of nitrogens with zero attached hydrogens (tertiary/aromatic N) is 2. The second-order valence-corrected chi connectivity index (χ2v) is 6.37. The molecule has 1 fully saturated rings. The van der Waals surface area contributed by atoms with Crippen molar-refractivity contribution in [3.05, 3.63) is 52.6 Å². The van der Waals surface area contributed by atoms with E-state index in [1.165, 1.54) is 24.4 Å². The van der Waals surface area contributed by atoms with Gasteiger partial charge < -0.3 is 0 Å². The summed E-state index contributed by atoms with van der Waals surface area (Å²) >= 11 is 0. The minimum absolute atomic E-state index is 0.167. The van der Waals surface area contributed by atoms with Crippen molar-refractivity contribution in [2.24, 2.45) is 5.92 Å². The predicted molar refractivity (Wildman–Crippen MR) is 83.8 cm³/mol. The molecule has 0 radical (unpaired) electrons. The summed E-state index contributed by atoms with van der Waals surface area (Å²) in [7, 11) is 0. The number of alkyl halides is 5. The number of benzene rings is 1. The Bertz CT molecular complexity index is 1050. The molecule has 0 saturated heterocycles. The molecule has 9 heteroatoms. The lowest BCUT2D eigenvalue weighted by atomic mass is 10.0. The summed E-state index contributed by atoms with van der Waals surface area (Å²) in [5, 5.41) is 0. The van der Waals surface area contributed by atoms with E-state index in [1.54, 1.807) is 0 Å². The molecule has 2 aromatic heterocycles. The third-order valence-electron chi connectivity index (χ3n) is 4.51. The third-order valence-corrected chi connectivity index (χ3v) is 4.51. The van der Waals surface area contributed by atoms with Crippen molar-refractivity contribution in [2.75, 3.05) is 0 Å². The molecule has 3 aromatic rings. The zero-order valence-corrected chi connectivity index (χ0v) is 13.1. The number of halogens is 5. The second kappa shape index (κ2) is 5.39. The molecule has 2 heterocycles. The van der Waals surface area contributed by atoms with Crippen molar-refractivity contribution >= 4 is 11.2 Å². The van der Waals surface area contributed by atoms with Crippen LogP contribution >= 0.6 is 0 Å². The Hall–Kier alpha value is -2.71. The first-order valence-electron chi connectivity index (χ1n) is 7.79. The van der Waals surface area contributed by atoms with Crippen LogP contribution in [0.2, 0.25) is 0 Å². The minimum Gasteiger partial charge on any atom is -0.290 e. The van der Waals surface area contributed by atoms with E-state index in [1.807, 2.05) is 0 Å². The lowest BCUT2D eigenvalue weighted by Crippen LogP contribution is -2.19. The number of rotatable bonds is 3. The first-order valence-corrected chi connectivity index (χ1v) is 7.79.